The Bertz CT molecular complexity index is 609. The first-order valence-corrected chi connectivity index (χ1v) is 5.84. The second-order valence-corrected chi connectivity index (χ2v) is 4.65. The van der Waals surface area contributed by atoms with Gasteiger partial charge in [0.05, 0.1) is 5.56 Å². The summed E-state index contributed by atoms with van der Waals surface area (Å²) in [6, 6.07) is 7.07. The van der Waals surface area contributed by atoms with Crippen molar-refractivity contribution >= 4 is 21.6 Å². The molecule has 0 amide bonds. The first-order chi connectivity index (χ1) is 8.00. The summed E-state index contributed by atoms with van der Waals surface area (Å²) < 4.78 is 0.894. The highest BCUT2D eigenvalue weighted by atomic mass is 79.9. The second-order valence-electron chi connectivity index (χ2n) is 3.74. The number of nitrogens with one attached hydrogen (secondary N) is 1. The van der Waals surface area contributed by atoms with Crippen molar-refractivity contribution in [2.75, 3.05) is 5.32 Å². The van der Waals surface area contributed by atoms with Crippen LogP contribution in [0.4, 0.5) is 5.69 Å². The quantitative estimate of drug-likeness (QED) is 0.665. The van der Waals surface area contributed by atoms with Gasteiger partial charge in [-0.05, 0) is 24.6 Å². The number of hydrogen-bond donors (Lipinski definition) is 2. The lowest BCUT2D eigenvalue weighted by Crippen LogP contribution is -2.38. The highest BCUT2D eigenvalue weighted by Crippen LogP contribution is 2.25. The van der Waals surface area contributed by atoms with Gasteiger partial charge in [0.15, 0.2) is 0 Å². The summed E-state index contributed by atoms with van der Waals surface area (Å²) in [5.41, 5.74) is 0.0935. The topological polar surface area (TPSA) is 66.4 Å². The van der Waals surface area contributed by atoms with Crippen LogP contribution in [0.1, 0.15) is 6.92 Å². The van der Waals surface area contributed by atoms with E-state index in [1.54, 1.807) is 24.3 Å². The third-order valence-corrected chi connectivity index (χ3v) is 2.93. The van der Waals surface area contributed by atoms with Crippen molar-refractivity contribution in [3.63, 3.8) is 0 Å². The zero-order chi connectivity index (χ0) is 12.6. The molecular formula is C12H10BrNO3. The number of benzene rings is 1. The van der Waals surface area contributed by atoms with Crippen LogP contribution in [0.3, 0.4) is 0 Å². The maximum Gasteiger partial charge on any atom is 0.250 e. The molecule has 0 spiro atoms. The SMILES string of the molecule is CC(O)Nc1c(-c2ccc(Br)cc2)c(=O)c1=O. The molecule has 0 bridgehead atoms. The van der Waals surface area contributed by atoms with Gasteiger partial charge in [-0.2, -0.15) is 0 Å². The molecule has 5 heteroatoms. The Morgan fingerprint density at radius 1 is 1.18 bits per heavy atom. The van der Waals surface area contributed by atoms with Crippen molar-refractivity contribution in [1.82, 2.24) is 0 Å². The molecule has 0 saturated heterocycles. The number of aliphatic hydroxyl groups is 1. The van der Waals surface area contributed by atoms with Gasteiger partial charge in [-0.25, -0.2) is 0 Å². The Morgan fingerprint density at radius 3 is 2.29 bits per heavy atom. The van der Waals surface area contributed by atoms with Crippen LogP contribution in [-0.4, -0.2) is 11.3 Å². The van der Waals surface area contributed by atoms with Gasteiger partial charge in [-0.3, -0.25) is 9.59 Å². The van der Waals surface area contributed by atoms with E-state index in [1.807, 2.05) is 0 Å². The second kappa shape index (κ2) is 4.43. The molecule has 2 N–H and O–H groups in total. The van der Waals surface area contributed by atoms with Crippen molar-refractivity contribution in [2.45, 2.75) is 13.2 Å². The number of halogens is 1. The molecule has 4 nitrogen and oxygen atoms in total. The smallest absolute Gasteiger partial charge is 0.250 e. The van der Waals surface area contributed by atoms with Crippen molar-refractivity contribution in [3.05, 3.63) is 49.2 Å². The Balaban J connectivity index is 2.46. The van der Waals surface area contributed by atoms with Gasteiger partial charge in [0.25, 0.3) is 0 Å². The normalized spacial score (nSPS) is 12.6. The molecular weight excluding hydrogens is 286 g/mol. The Labute approximate surface area is 106 Å². The number of aliphatic hydroxyl groups excluding tert-OH is 1. The van der Waals surface area contributed by atoms with Crippen LogP contribution in [0, 0.1) is 0 Å². The average molecular weight is 296 g/mol. The molecule has 1 unspecified atom stereocenters. The molecule has 0 aliphatic rings. The number of hydrogen-bond acceptors (Lipinski definition) is 4. The summed E-state index contributed by atoms with van der Waals surface area (Å²) in [4.78, 5) is 22.9. The summed E-state index contributed by atoms with van der Waals surface area (Å²) in [5.74, 6) is 0. The standard InChI is InChI=1S/C12H10BrNO3/c1-6(15)14-10-9(11(16)12(10)17)7-2-4-8(13)5-3-7/h2-6,14-15H,1H3. The summed E-state index contributed by atoms with van der Waals surface area (Å²) in [7, 11) is 0. The van der Waals surface area contributed by atoms with E-state index < -0.39 is 17.1 Å². The minimum atomic E-state index is -0.868. The molecule has 0 aliphatic heterocycles. The van der Waals surface area contributed by atoms with Gasteiger partial charge in [0.2, 0.25) is 10.9 Å². The highest BCUT2D eigenvalue weighted by molar-refractivity contribution is 9.10. The summed E-state index contributed by atoms with van der Waals surface area (Å²) >= 11 is 3.29. The number of anilines is 1. The van der Waals surface area contributed by atoms with Gasteiger partial charge < -0.3 is 10.4 Å². The fourth-order valence-electron chi connectivity index (χ4n) is 1.63. The van der Waals surface area contributed by atoms with E-state index in [0.717, 1.165) is 4.47 Å². The fourth-order valence-corrected chi connectivity index (χ4v) is 1.89. The van der Waals surface area contributed by atoms with Crippen molar-refractivity contribution in [2.24, 2.45) is 0 Å². The lowest BCUT2D eigenvalue weighted by atomic mass is 9.98. The molecule has 88 valence electrons. The Kier molecular flexibility index (Phi) is 3.13. The van der Waals surface area contributed by atoms with Crippen LogP contribution in [0.25, 0.3) is 11.1 Å². The predicted octanol–water partition coefficient (Wildman–Crippen LogP) is 1.46. The lowest BCUT2D eigenvalue weighted by Gasteiger charge is -2.15. The van der Waals surface area contributed by atoms with Crippen LogP contribution in [-0.2, 0) is 0 Å². The van der Waals surface area contributed by atoms with Crippen molar-refractivity contribution in [1.29, 1.82) is 0 Å². The Hall–Kier alpha value is -1.46. The Morgan fingerprint density at radius 2 is 1.76 bits per heavy atom. The molecule has 2 aromatic carbocycles. The molecule has 0 radical (unpaired) electrons. The summed E-state index contributed by atoms with van der Waals surface area (Å²) in [5, 5.41) is 11.8. The molecule has 2 aromatic rings. The fraction of sp³-hybridized carbons (Fsp3) is 0.167. The van der Waals surface area contributed by atoms with E-state index in [4.69, 9.17) is 0 Å². The summed E-state index contributed by atoms with van der Waals surface area (Å²) in [6.07, 6.45) is -0.868. The maximum absolute atomic E-state index is 11.5. The average Bonchev–Trinajstić information content (AvgIpc) is 2.30. The molecule has 0 saturated carbocycles. The minimum absolute atomic E-state index is 0.187. The number of rotatable bonds is 3. The summed E-state index contributed by atoms with van der Waals surface area (Å²) in [6.45, 7) is 1.49. The third kappa shape index (κ3) is 2.16. The van der Waals surface area contributed by atoms with Gasteiger partial charge in [0, 0.05) is 4.47 Å². The van der Waals surface area contributed by atoms with E-state index >= 15 is 0 Å². The highest BCUT2D eigenvalue weighted by Gasteiger charge is 2.22. The van der Waals surface area contributed by atoms with Gasteiger partial charge in [0.1, 0.15) is 11.9 Å². The zero-order valence-corrected chi connectivity index (χ0v) is 10.6. The third-order valence-electron chi connectivity index (χ3n) is 2.40. The minimum Gasteiger partial charge on any atom is -0.374 e. The molecule has 0 aromatic heterocycles. The maximum atomic E-state index is 11.5. The molecule has 0 heterocycles. The van der Waals surface area contributed by atoms with Gasteiger partial charge in [-0.15, -0.1) is 0 Å². The lowest BCUT2D eigenvalue weighted by molar-refractivity contribution is 0.224. The van der Waals surface area contributed by atoms with E-state index in [2.05, 4.69) is 21.2 Å². The van der Waals surface area contributed by atoms with E-state index in [9.17, 15) is 14.7 Å². The van der Waals surface area contributed by atoms with Crippen LogP contribution in [0.15, 0.2) is 38.3 Å². The predicted molar refractivity (Wildman–Crippen MR) is 69.8 cm³/mol. The zero-order valence-electron chi connectivity index (χ0n) is 9.03. The van der Waals surface area contributed by atoms with Crippen LogP contribution >= 0.6 is 15.9 Å². The van der Waals surface area contributed by atoms with Crippen molar-refractivity contribution in [3.8, 4) is 11.1 Å². The van der Waals surface area contributed by atoms with Crippen LogP contribution < -0.4 is 16.2 Å². The molecule has 1 atom stereocenters. The van der Waals surface area contributed by atoms with Crippen molar-refractivity contribution < 1.29 is 5.11 Å². The first kappa shape index (κ1) is 12.0. The van der Waals surface area contributed by atoms with E-state index in [1.165, 1.54) is 6.92 Å². The van der Waals surface area contributed by atoms with E-state index in [0.29, 0.717) is 11.1 Å². The van der Waals surface area contributed by atoms with Gasteiger partial charge >= 0.3 is 0 Å². The molecule has 0 fully saturated rings. The molecule has 17 heavy (non-hydrogen) atoms. The largest absolute Gasteiger partial charge is 0.374 e. The molecule has 0 aliphatic carbocycles. The molecule has 2 rings (SSSR count). The van der Waals surface area contributed by atoms with E-state index in [-0.39, 0.29) is 5.69 Å². The van der Waals surface area contributed by atoms with Crippen LogP contribution in [0.5, 0.6) is 0 Å². The monoisotopic (exact) mass is 295 g/mol. The first-order valence-electron chi connectivity index (χ1n) is 5.04. The van der Waals surface area contributed by atoms with Crippen LogP contribution in [0.2, 0.25) is 0 Å². The van der Waals surface area contributed by atoms with Gasteiger partial charge in [-0.1, -0.05) is 28.1 Å².